The molecule has 0 saturated heterocycles. The van der Waals surface area contributed by atoms with E-state index in [2.05, 4.69) is 0 Å². The maximum absolute atomic E-state index is 12.4. The topological polar surface area (TPSA) is 39.1 Å². The molecule has 0 atom stereocenters. The number of rotatable bonds is 4. The number of benzene rings is 2. The lowest BCUT2D eigenvalue weighted by Gasteiger charge is -2.04. The molecule has 0 amide bonds. The molecule has 0 spiro atoms. The molecule has 2 aromatic carbocycles. The van der Waals surface area contributed by atoms with Crippen LogP contribution in [0.25, 0.3) is 0 Å². The van der Waals surface area contributed by atoms with Crippen molar-refractivity contribution in [2.24, 2.45) is 0 Å². The monoisotopic (exact) mass is 363 g/mol. The predicted octanol–water partition coefficient (Wildman–Crippen LogP) is 4.50. The van der Waals surface area contributed by atoms with Gasteiger partial charge in [0.05, 0.1) is 11.4 Å². The summed E-state index contributed by atoms with van der Waals surface area (Å²) < 4.78 is 1.51. The summed E-state index contributed by atoms with van der Waals surface area (Å²) >= 11 is 13.1. The third kappa shape index (κ3) is 3.55. The average Bonchev–Trinajstić information content (AvgIpc) is 2.91. The Morgan fingerprint density at radius 3 is 2.48 bits per heavy atom. The van der Waals surface area contributed by atoms with Gasteiger partial charge < -0.3 is 0 Å². The van der Waals surface area contributed by atoms with Crippen LogP contribution < -0.4 is 5.56 Å². The van der Waals surface area contributed by atoms with Gasteiger partial charge in [-0.15, -0.1) is 0 Å². The van der Waals surface area contributed by atoms with Crippen molar-refractivity contribution in [1.82, 2.24) is 3.96 Å². The van der Waals surface area contributed by atoms with Gasteiger partial charge in [-0.25, -0.2) is 0 Å². The number of ketones is 1. The fourth-order valence-electron chi connectivity index (χ4n) is 2.13. The molecule has 0 fully saturated rings. The number of nitrogens with zero attached hydrogens (tertiary/aromatic N) is 1. The van der Waals surface area contributed by atoms with Crippen molar-refractivity contribution in [3.8, 4) is 0 Å². The Labute approximate surface area is 146 Å². The Hall–Kier alpha value is -1.88. The van der Waals surface area contributed by atoms with Gasteiger partial charge in [0.1, 0.15) is 0 Å². The lowest BCUT2D eigenvalue weighted by molar-refractivity contribution is 0.104. The molecule has 1 heterocycles. The van der Waals surface area contributed by atoms with Gasteiger partial charge in [-0.05, 0) is 17.7 Å². The van der Waals surface area contributed by atoms with Gasteiger partial charge in [0.25, 0.3) is 5.56 Å². The molecule has 0 aliphatic rings. The molecule has 0 unspecified atom stereocenters. The van der Waals surface area contributed by atoms with E-state index in [1.54, 1.807) is 42.5 Å². The van der Waals surface area contributed by atoms with Crippen molar-refractivity contribution in [2.45, 2.75) is 6.54 Å². The van der Waals surface area contributed by atoms with Crippen LogP contribution in [0.15, 0.2) is 59.4 Å². The molecule has 0 bridgehead atoms. The Balaban J connectivity index is 1.90. The van der Waals surface area contributed by atoms with E-state index in [4.69, 9.17) is 23.2 Å². The summed E-state index contributed by atoms with van der Waals surface area (Å²) in [7, 11) is 0. The van der Waals surface area contributed by atoms with Crippen LogP contribution in [0.1, 0.15) is 20.8 Å². The quantitative estimate of drug-likeness (QED) is 0.640. The van der Waals surface area contributed by atoms with Crippen molar-refractivity contribution in [2.75, 3.05) is 0 Å². The molecule has 0 saturated carbocycles. The lowest BCUT2D eigenvalue weighted by atomic mass is 10.1. The van der Waals surface area contributed by atoms with Crippen molar-refractivity contribution in [1.29, 1.82) is 0 Å². The average molecular weight is 364 g/mol. The molecule has 3 rings (SSSR count). The highest BCUT2D eigenvalue weighted by atomic mass is 35.5. The first-order valence-electron chi connectivity index (χ1n) is 6.79. The minimum Gasteiger partial charge on any atom is -0.288 e. The van der Waals surface area contributed by atoms with Gasteiger partial charge in [0.15, 0.2) is 0 Å². The highest BCUT2D eigenvalue weighted by Crippen LogP contribution is 2.22. The van der Waals surface area contributed by atoms with Crippen molar-refractivity contribution >= 4 is 40.5 Å². The van der Waals surface area contributed by atoms with E-state index in [9.17, 15) is 9.59 Å². The molecule has 1 aromatic heterocycles. The van der Waals surface area contributed by atoms with E-state index >= 15 is 0 Å². The summed E-state index contributed by atoms with van der Waals surface area (Å²) in [6, 6.07) is 15.4. The summed E-state index contributed by atoms with van der Waals surface area (Å²) in [5.74, 6) is -0.159. The number of hydrogen-bond acceptors (Lipinski definition) is 3. The fourth-order valence-corrected chi connectivity index (χ4v) is 3.53. The Morgan fingerprint density at radius 1 is 1.04 bits per heavy atom. The Kier molecular flexibility index (Phi) is 4.66. The van der Waals surface area contributed by atoms with Crippen LogP contribution in [0.5, 0.6) is 0 Å². The number of halogens is 2. The largest absolute Gasteiger partial charge is 0.288 e. The Morgan fingerprint density at radius 2 is 1.78 bits per heavy atom. The molecule has 0 radical (unpaired) electrons. The molecule has 23 heavy (non-hydrogen) atoms. The van der Waals surface area contributed by atoms with Crippen LogP contribution in [-0.2, 0) is 6.54 Å². The molecular formula is C17H11Cl2NO2S. The van der Waals surface area contributed by atoms with Crippen LogP contribution in [-0.4, -0.2) is 9.74 Å². The van der Waals surface area contributed by atoms with Gasteiger partial charge in [-0.2, -0.15) is 0 Å². The van der Waals surface area contributed by atoms with Crippen LogP contribution >= 0.6 is 34.7 Å². The van der Waals surface area contributed by atoms with Gasteiger partial charge in [-0.3, -0.25) is 13.5 Å². The summed E-state index contributed by atoms with van der Waals surface area (Å²) in [6.45, 7) is 0.307. The van der Waals surface area contributed by atoms with Gasteiger partial charge in [0, 0.05) is 21.7 Å². The van der Waals surface area contributed by atoms with E-state index in [0.29, 0.717) is 27.0 Å². The summed E-state index contributed by atoms with van der Waals surface area (Å²) in [5.41, 5.74) is 1.12. The third-order valence-corrected chi connectivity index (χ3v) is 4.91. The third-order valence-electron chi connectivity index (χ3n) is 3.30. The molecule has 3 nitrogen and oxygen atoms in total. The van der Waals surface area contributed by atoms with Crippen LogP contribution in [0.4, 0.5) is 0 Å². The number of hydrogen-bond donors (Lipinski definition) is 0. The number of carbonyl (C=O) groups is 1. The van der Waals surface area contributed by atoms with Crippen molar-refractivity contribution < 1.29 is 4.79 Å². The summed E-state index contributed by atoms with van der Waals surface area (Å²) in [4.78, 5) is 24.9. The SMILES string of the molecule is O=C(c1ccccc1)c1cc(=O)n(Cc2ccc(Cl)cc2Cl)s1. The molecule has 0 aliphatic carbocycles. The second-order valence-corrected chi connectivity index (χ2v) is 6.81. The van der Waals surface area contributed by atoms with Crippen LogP contribution in [0, 0.1) is 0 Å². The van der Waals surface area contributed by atoms with E-state index in [-0.39, 0.29) is 11.3 Å². The summed E-state index contributed by atoms with van der Waals surface area (Å²) in [6.07, 6.45) is 0. The first kappa shape index (κ1) is 16.0. The van der Waals surface area contributed by atoms with E-state index < -0.39 is 0 Å². The maximum Gasteiger partial charge on any atom is 0.261 e. The molecule has 116 valence electrons. The zero-order valence-corrected chi connectivity index (χ0v) is 14.2. The van der Waals surface area contributed by atoms with Gasteiger partial charge >= 0.3 is 0 Å². The second kappa shape index (κ2) is 6.71. The zero-order valence-electron chi connectivity index (χ0n) is 11.8. The van der Waals surface area contributed by atoms with Gasteiger partial charge in [0.2, 0.25) is 5.78 Å². The normalized spacial score (nSPS) is 10.7. The minimum absolute atomic E-state index is 0.159. The first-order chi connectivity index (χ1) is 11.0. The van der Waals surface area contributed by atoms with Crippen molar-refractivity contribution in [3.05, 3.63) is 91.0 Å². The van der Waals surface area contributed by atoms with Crippen LogP contribution in [0.2, 0.25) is 10.0 Å². The highest BCUT2D eigenvalue weighted by molar-refractivity contribution is 7.08. The number of carbonyl (C=O) groups excluding carboxylic acids is 1. The molecule has 0 aliphatic heterocycles. The van der Waals surface area contributed by atoms with Crippen LogP contribution in [0.3, 0.4) is 0 Å². The van der Waals surface area contributed by atoms with Gasteiger partial charge in [-0.1, -0.05) is 71.1 Å². The molecule has 0 N–H and O–H groups in total. The molecule has 6 heteroatoms. The smallest absolute Gasteiger partial charge is 0.261 e. The standard InChI is InChI=1S/C17H11Cl2NO2S/c18-13-7-6-12(14(19)8-13)10-20-16(21)9-15(23-20)17(22)11-4-2-1-3-5-11/h1-9H,10H2. The minimum atomic E-state index is -0.222. The Bertz CT molecular complexity index is 916. The van der Waals surface area contributed by atoms with E-state index in [1.165, 1.54) is 10.0 Å². The lowest BCUT2D eigenvalue weighted by Crippen LogP contribution is -2.12. The zero-order chi connectivity index (χ0) is 16.4. The van der Waals surface area contributed by atoms with E-state index in [1.807, 2.05) is 6.07 Å². The fraction of sp³-hybridized carbons (Fsp3) is 0.0588. The highest BCUT2D eigenvalue weighted by Gasteiger charge is 2.15. The summed E-state index contributed by atoms with van der Waals surface area (Å²) in [5, 5.41) is 1.03. The van der Waals surface area contributed by atoms with E-state index in [0.717, 1.165) is 17.1 Å². The maximum atomic E-state index is 12.4. The first-order valence-corrected chi connectivity index (χ1v) is 8.32. The second-order valence-electron chi connectivity index (χ2n) is 4.91. The molecule has 3 aromatic rings. The predicted molar refractivity (Wildman–Crippen MR) is 94.0 cm³/mol. The number of aromatic nitrogens is 1. The molecular weight excluding hydrogens is 353 g/mol. The van der Waals surface area contributed by atoms with Crippen molar-refractivity contribution in [3.63, 3.8) is 0 Å².